The van der Waals surface area contributed by atoms with Crippen molar-refractivity contribution in [1.29, 1.82) is 0 Å². The molecule has 0 unspecified atom stereocenters. The Morgan fingerprint density at radius 1 is 1.28 bits per heavy atom. The largest absolute Gasteiger partial charge is 0.464 e. The fourth-order valence-corrected chi connectivity index (χ4v) is 2.83. The third kappa shape index (κ3) is 1.32. The molecule has 2 saturated heterocycles. The zero-order chi connectivity index (χ0) is 12.8. The summed E-state index contributed by atoms with van der Waals surface area (Å²) in [6, 6.07) is 9.49. The third-order valence-electron chi connectivity index (χ3n) is 3.70. The van der Waals surface area contributed by atoms with E-state index in [4.69, 9.17) is 4.74 Å². The second-order valence-corrected chi connectivity index (χ2v) is 4.68. The molecule has 2 atom stereocenters. The second-order valence-electron chi connectivity index (χ2n) is 4.68. The molecule has 1 N–H and O–H groups in total. The van der Waals surface area contributed by atoms with Crippen molar-refractivity contribution in [3.63, 3.8) is 0 Å². The van der Waals surface area contributed by atoms with E-state index >= 15 is 0 Å². The summed E-state index contributed by atoms with van der Waals surface area (Å²) >= 11 is 0. The van der Waals surface area contributed by atoms with Crippen molar-refractivity contribution in [3.8, 4) is 0 Å². The SMILES string of the molecule is C=C1C(=O)N[C@@]2(CCOC2=O)[C@@H]1c1ccccc1. The molecule has 2 fully saturated rings. The summed E-state index contributed by atoms with van der Waals surface area (Å²) < 4.78 is 5.04. The lowest BCUT2D eigenvalue weighted by Gasteiger charge is -2.26. The monoisotopic (exact) mass is 243 g/mol. The molecule has 2 aliphatic heterocycles. The highest BCUT2D eigenvalue weighted by Gasteiger charge is 2.58. The van der Waals surface area contributed by atoms with Crippen LogP contribution in [0.3, 0.4) is 0 Å². The van der Waals surface area contributed by atoms with Crippen molar-refractivity contribution < 1.29 is 14.3 Å². The molecule has 1 aromatic carbocycles. The number of cyclic esters (lactones) is 1. The minimum atomic E-state index is -0.949. The van der Waals surface area contributed by atoms with Crippen molar-refractivity contribution in [1.82, 2.24) is 5.32 Å². The highest BCUT2D eigenvalue weighted by molar-refractivity contribution is 6.05. The molecule has 0 aromatic heterocycles. The predicted molar refractivity (Wildman–Crippen MR) is 64.8 cm³/mol. The van der Waals surface area contributed by atoms with Gasteiger partial charge in [0.15, 0.2) is 5.54 Å². The van der Waals surface area contributed by atoms with E-state index in [-0.39, 0.29) is 17.8 Å². The van der Waals surface area contributed by atoms with Gasteiger partial charge in [-0.2, -0.15) is 0 Å². The van der Waals surface area contributed by atoms with E-state index in [1.165, 1.54) is 0 Å². The molecule has 3 rings (SSSR count). The van der Waals surface area contributed by atoms with Crippen LogP contribution in [0.15, 0.2) is 42.5 Å². The number of esters is 1. The lowest BCUT2D eigenvalue weighted by Crippen LogP contribution is -2.49. The predicted octanol–water partition coefficient (Wildman–Crippen LogP) is 1.14. The van der Waals surface area contributed by atoms with Gasteiger partial charge in [-0.1, -0.05) is 36.9 Å². The first-order valence-corrected chi connectivity index (χ1v) is 5.88. The van der Waals surface area contributed by atoms with Gasteiger partial charge < -0.3 is 10.1 Å². The maximum absolute atomic E-state index is 12.0. The minimum absolute atomic E-state index is 0.261. The van der Waals surface area contributed by atoms with Gasteiger partial charge in [-0.3, -0.25) is 4.79 Å². The first-order valence-electron chi connectivity index (χ1n) is 5.88. The molecule has 0 saturated carbocycles. The van der Waals surface area contributed by atoms with E-state index in [2.05, 4.69) is 11.9 Å². The number of ether oxygens (including phenoxy) is 1. The van der Waals surface area contributed by atoms with Crippen LogP contribution in [-0.4, -0.2) is 24.0 Å². The van der Waals surface area contributed by atoms with Crippen molar-refractivity contribution in [2.24, 2.45) is 0 Å². The molecule has 18 heavy (non-hydrogen) atoms. The van der Waals surface area contributed by atoms with Crippen LogP contribution in [0.1, 0.15) is 17.9 Å². The Kier molecular flexibility index (Phi) is 2.26. The smallest absolute Gasteiger partial charge is 0.333 e. The molecule has 0 bridgehead atoms. The van der Waals surface area contributed by atoms with Crippen LogP contribution >= 0.6 is 0 Å². The summed E-state index contributed by atoms with van der Waals surface area (Å²) in [6.45, 7) is 4.17. The van der Waals surface area contributed by atoms with Crippen LogP contribution < -0.4 is 5.32 Å². The van der Waals surface area contributed by atoms with E-state index in [9.17, 15) is 9.59 Å². The number of carbonyl (C=O) groups excluding carboxylic acids is 2. The van der Waals surface area contributed by atoms with Gasteiger partial charge in [0, 0.05) is 17.9 Å². The Hall–Kier alpha value is -2.10. The average Bonchev–Trinajstić information content (AvgIpc) is 2.84. The zero-order valence-electron chi connectivity index (χ0n) is 9.81. The van der Waals surface area contributed by atoms with E-state index < -0.39 is 5.54 Å². The lowest BCUT2D eigenvalue weighted by molar-refractivity contribution is -0.144. The van der Waals surface area contributed by atoms with Crippen LogP contribution in [0.25, 0.3) is 0 Å². The van der Waals surface area contributed by atoms with Gasteiger partial charge in [0.25, 0.3) is 0 Å². The number of rotatable bonds is 1. The molecule has 1 spiro atoms. The molecule has 1 aromatic rings. The summed E-state index contributed by atoms with van der Waals surface area (Å²) in [5.41, 5.74) is 0.398. The van der Waals surface area contributed by atoms with Gasteiger partial charge in [-0.05, 0) is 5.56 Å². The summed E-state index contributed by atoms with van der Waals surface area (Å²) in [5.74, 6) is -0.952. The van der Waals surface area contributed by atoms with Gasteiger partial charge in [-0.15, -0.1) is 0 Å². The minimum Gasteiger partial charge on any atom is -0.464 e. The Morgan fingerprint density at radius 2 is 2.00 bits per heavy atom. The van der Waals surface area contributed by atoms with Crippen LogP contribution in [0.5, 0.6) is 0 Å². The van der Waals surface area contributed by atoms with Crippen LogP contribution in [0, 0.1) is 0 Å². The molecular formula is C14H13NO3. The van der Waals surface area contributed by atoms with Crippen molar-refractivity contribution in [3.05, 3.63) is 48.0 Å². The van der Waals surface area contributed by atoms with E-state index in [0.717, 1.165) is 5.56 Å². The third-order valence-corrected chi connectivity index (χ3v) is 3.70. The van der Waals surface area contributed by atoms with Gasteiger partial charge in [-0.25, -0.2) is 4.79 Å². The number of nitrogens with one attached hydrogen (secondary N) is 1. The molecule has 0 aliphatic carbocycles. The summed E-state index contributed by atoms with van der Waals surface area (Å²) in [4.78, 5) is 23.8. The first kappa shape index (κ1) is 11.0. The van der Waals surface area contributed by atoms with Gasteiger partial charge in [0.05, 0.1) is 6.61 Å². The molecule has 1 amide bonds. The maximum Gasteiger partial charge on any atom is 0.333 e. The van der Waals surface area contributed by atoms with Crippen LogP contribution in [-0.2, 0) is 14.3 Å². The highest BCUT2D eigenvalue weighted by Crippen LogP contribution is 2.44. The van der Waals surface area contributed by atoms with Crippen molar-refractivity contribution in [2.75, 3.05) is 6.61 Å². The van der Waals surface area contributed by atoms with Crippen molar-refractivity contribution in [2.45, 2.75) is 17.9 Å². The highest BCUT2D eigenvalue weighted by atomic mass is 16.5. The summed E-state index contributed by atoms with van der Waals surface area (Å²) in [6.07, 6.45) is 0.496. The molecule has 4 nitrogen and oxygen atoms in total. The fourth-order valence-electron chi connectivity index (χ4n) is 2.83. The van der Waals surface area contributed by atoms with E-state index in [0.29, 0.717) is 18.6 Å². The normalized spacial score (nSPS) is 30.7. The topological polar surface area (TPSA) is 55.4 Å². The molecule has 4 heteroatoms. The zero-order valence-corrected chi connectivity index (χ0v) is 9.81. The lowest BCUT2D eigenvalue weighted by atomic mass is 9.78. The van der Waals surface area contributed by atoms with E-state index in [1.807, 2.05) is 30.3 Å². The molecular weight excluding hydrogens is 230 g/mol. The Balaban J connectivity index is 2.12. The van der Waals surface area contributed by atoms with E-state index in [1.54, 1.807) is 0 Å². The Morgan fingerprint density at radius 3 is 2.61 bits per heavy atom. The van der Waals surface area contributed by atoms with Crippen LogP contribution in [0.2, 0.25) is 0 Å². The molecule has 2 aliphatic rings. The fraction of sp³-hybridized carbons (Fsp3) is 0.286. The Labute approximate surface area is 105 Å². The summed E-state index contributed by atoms with van der Waals surface area (Å²) in [7, 11) is 0. The first-order chi connectivity index (χ1) is 8.65. The standard InChI is InChI=1S/C14H13NO3/c1-9-11(10-5-3-2-4-6-10)14(15-12(9)16)7-8-18-13(14)17/h2-6,11H,1,7-8H2,(H,15,16)/t11-,14-/m0/s1. The molecule has 92 valence electrons. The summed E-state index contributed by atoms with van der Waals surface area (Å²) in [5, 5.41) is 2.76. The number of carbonyl (C=O) groups is 2. The number of hydrogen-bond donors (Lipinski definition) is 1. The number of amides is 1. The maximum atomic E-state index is 12.0. The van der Waals surface area contributed by atoms with Gasteiger partial charge >= 0.3 is 5.97 Å². The quantitative estimate of drug-likeness (QED) is 0.594. The van der Waals surface area contributed by atoms with Gasteiger partial charge in [0.2, 0.25) is 5.91 Å². The number of benzene rings is 1. The average molecular weight is 243 g/mol. The number of hydrogen-bond acceptors (Lipinski definition) is 3. The van der Waals surface area contributed by atoms with Crippen LogP contribution in [0.4, 0.5) is 0 Å². The second kappa shape index (κ2) is 3.70. The van der Waals surface area contributed by atoms with Crippen molar-refractivity contribution >= 4 is 11.9 Å². The Bertz CT molecular complexity index is 537. The van der Waals surface area contributed by atoms with Gasteiger partial charge in [0.1, 0.15) is 0 Å². The molecule has 2 heterocycles. The molecule has 0 radical (unpaired) electrons.